The molecule has 0 unspecified atom stereocenters. The summed E-state index contributed by atoms with van der Waals surface area (Å²) in [7, 11) is -3.91. The summed E-state index contributed by atoms with van der Waals surface area (Å²) in [6.07, 6.45) is 3.01. The Morgan fingerprint density at radius 1 is 0.769 bits per heavy atom. The van der Waals surface area contributed by atoms with Crippen molar-refractivity contribution in [2.45, 2.75) is 41.9 Å². The van der Waals surface area contributed by atoms with Crippen LogP contribution in [-0.2, 0) is 10.0 Å². The Morgan fingerprint density at radius 3 is 1.94 bits per heavy atom. The molecule has 19 heteroatoms. The second-order valence-corrected chi connectivity index (χ2v) is 14.9. The van der Waals surface area contributed by atoms with Crippen LogP contribution in [0.15, 0.2) is 71.8 Å². The maximum Gasteiger partial charge on any atom is 0.261 e. The second-order valence-electron chi connectivity index (χ2n) is 13.2. The molecule has 2 aliphatic rings. The number of hydrogen-bond donors (Lipinski definition) is 9. The van der Waals surface area contributed by atoms with Gasteiger partial charge in [0.1, 0.15) is 5.75 Å². The Labute approximate surface area is 299 Å². The van der Waals surface area contributed by atoms with Crippen LogP contribution in [0, 0.1) is 0 Å². The van der Waals surface area contributed by atoms with E-state index in [4.69, 9.17) is 27.9 Å². The molecule has 0 saturated carbocycles. The average molecular weight is 729 g/mol. The van der Waals surface area contributed by atoms with Crippen LogP contribution >= 0.6 is 0 Å². The topological polar surface area (TPSA) is 285 Å². The number of aromatic amines is 1. The lowest BCUT2D eigenvalue weighted by molar-refractivity contribution is 0.102. The highest BCUT2D eigenvalue weighted by Gasteiger charge is 2.29. The number of H-pyrrole nitrogens is 1. The summed E-state index contributed by atoms with van der Waals surface area (Å²) in [5.74, 6) is 0.0532. The van der Waals surface area contributed by atoms with Gasteiger partial charge >= 0.3 is 0 Å². The molecule has 0 spiro atoms. The first kappa shape index (κ1) is 34.8. The minimum Gasteiger partial charge on any atom is -0.507 e. The summed E-state index contributed by atoms with van der Waals surface area (Å²) in [5, 5.41) is 24.3. The molecule has 0 aliphatic carbocycles. The van der Waals surface area contributed by atoms with E-state index in [1.165, 1.54) is 36.4 Å². The number of phenolic OH excluding ortho intramolecular Hbond substituents is 1. The number of aromatic hydroxyl groups is 1. The summed E-state index contributed by atoms with van der Waals surface area (Å²) in [6.45, 7) is 2.05. The molecule has 4 atom stereocenters. The molecule has 4 heterocycles. The first-order chi connectivity index (χ1) is 24.9. The van der Waals surface area contributed by atoms with E-state index in [1.807, 2.05) is 9.80 Å². The van der Waals surface area contributed by atoms with Gasteiger partial charge in [-0.3, -0.25) is 14.6 Å². The van der Waals surface area contributed by atoms with Crippen LogP contribution < -0.4 is 48.1 Å². The highest BCUT2D eigenvalue weighted by atomic mass is 32.2. The molecule has 272 valence electrons. The fourth-order valence-corrected chi connectivity index (χ4v) is 7.49. The molecular weight excluding hydrogens is 689 g/mol. The number of nitrogens with one attached hydrogen (secondary N) is 4. The van der Waals surface area contributed by atoms with Crippen LogP contribution in [0.5, 0.6) is 5.75 Å². The summed E-state index contributed by atoms with van der Waals surface area (Å²) >= 11 is 0. The van der Waals surface area contributed by atoms with Crippen LogP contribution in [0.3, 0.4) is 0 Å². The van der Waals surface area contributed by atoms with Gasteiger partial charge in [0.25, 0.3) is 15.9 Å². The van der Waals surface area contributed by atoms with Crippen LogP contribution in [0.4, 0.5) is 34.9 Å². The monoisotopic (exact) mass is 728 g/mol. The van der Waals surface area contributed by atoms with Gasteiger partial charge in [-0.2, -0.15) is 20.1 Å². The summed E-state index contributed by atoms with van der Waals surface area (Å²) in [5.41, 5.74) is 26.8. The number of anilines is 6. The number of nitrogens with zero attached hydrogens (tertiary/aromatic N) is 6. The van der Waals surface area contributed by atoms with Crippen molar-refractivity contribution in [1.82, 2.24) is 25.1 Å². The Hall–Kier alpha value is -5.60. The number of carbonyl (C=O) groups excluding carboxylic acids is 1. The maximum absolute atomic E-state index is 13.1. The quantitative estimate of drug-likeness (QED) is 0.102. The van der Waals surface area contributed by atoms with Gasteiger partial charge in [-0.25, -0.2) is 8.42 Å². The second kappa shape index (κ2) is 14.2. The molecule has 2 saturated heterocycles. The Kier molecular flexibility index (Phi) is 9.51. The number of benzene rings is 3. The van der Waals surface area contributed by atoms with Crippen LogP contribution in [0.1, 0.15) is 23.2 Å². The molecule has 0 radical (unpaired) electrons. The lowest BCUT2D eigenvalue weighted by Gasteiger charge is -2.37. The van der Waals surface area contributed by atoms with Crippen molar-refractivity contribution in [3.8, 4) is 5.75 Å². The van der Waals surface area contributed by atoms with Gasteiger partial charge in [-0.15, -0.1) is 0 Å². The predicted molar refractivity (Wildman–Crippen MR) is 198 cm³/mol. The molecule has 2 fully saturated rings. The maximum atomic E-state index is 13.1. The number of hydrogen-bond acceptors (Lipinski definition) is 15. The molecule has 0 bridgehead atoms. The lowest BCUT2D eigenvalue weighted by atomic mass is 10.0. The van der Waals surface area contributed by atoms with Gasteiger partial charge in [-0.1, -0.05) is 0 Å². The van der Waals surface area contributed by atoms with Crippen molar-refractivity contribution >= 4 is 61.7 Å². The number of piperidine rings is 2. The van der Waals surface area contributed by atoms with E-state index in [1.54, 1.807) is 30.5 Å². The molecular formula is C33H40N14O4S. The molecule has 2 aromatic heterocycles. The van der Waals surface area contributed by atoms with Crippen molar-refractivity contribution in [1.29, 1.82) is 0 Å². The third-order valence-corrected chi connectivity index (χ3v) is 10.2. The first-order valence-corrected chi connectivity index (χ1v) is 18.1. The minimum atomic E-state index is -3.91. The first-order valence-electron chi connectivity index (χ1n) is 16.6. The van der Waals surface area contributed by atoms with E-state index in [2.05, 4.69) is 35.5 Å². The molecule has 2 aliphatic heterocycles. The lowest BCUT2D eigenvalue weighted by Crippen LogP contribution is -2.54. The number of sulfonamides is 1. The molecule has 5 aromatic rings. The number of nitrogens with two attached hydrogens (primary N) is 4. The normalized spacial score (nSPS) is 20.8. The van der Waals surface area contributed by atoms with E-state index in [9.17, 15) is 18.3 Å². The summed E-state index contributed by atoms with van der Waals surface area (Å²) < 4.78 is 28.5. The number of phenols is 1. The number of fused-ring (bicyclic) bond motifs is 1. The number of amides is 1. The summed E-state index contributed by atoms with van der Waals surface area (Å²) in [4.78, 5) is 31.0. The average Bonchev–Trinajstić information content (AvgIpc) is 3.55. The van der Waals surface area contributed by atoms with Crippen molar-refractivity contribution in [2.75, 3.05) is 51.3 Å². The number of carbonyl (C=O) groups is 1. The molecule has 7 rings (SSSR count). The van der Waals surface area contributed by atoms with Gasteiger partial charge in [0.15, 0.2) is 0 Å². The Morgan fingerprint density at radius 2 is 1.35 bits per heavy atom. The standard InChI is InChI=1S/C33H40N14O4S/c34-19-9-20(35)15-46(14-19)32-41-31(42-33(43-32)47-16-21(36)10-22(37)17-47)40-24-5-8-27(29(48)12-24)30(49)39-23-3-6-26(7-4-23)52(50,51)45-25-2-1-18-13-38-44-28(18)11-25/h1-8,11-13,19-22,45,48H,9-10,14-17,34-37H2,(H,38,44)(H,39,49)(H,40,41,42,43)/t19-,20+,21-,22+. The van der Waals surface area contributed by atoms with E-state index in [0.717, 1.165) is 5.39 Å². The van der Waals surface area contributed by atoms with Crippen LogP contribution in [-0.4, -0.2) is 94.9 Å². The van der Waals surface area contributed by atoms with Crippen LogP contribution in [0.2, 0.25) is 0 Å². The molecule has 1 amide bonds. The number of aromatic nitrogens is 5. The van der Waals surface area contributed by atoms with Crippen molar-refractivity contribution < 1.29 is 18.3 Å². The van der Waals surface area contributed by atoms with Gasteiger partial charge in [-0.05, 0) is 67.4 Å². The third kappa shape index (κ3) is 7.82. The fraction of sp³-hybridized carbons (Fsp3) is 0.303. The van der Waals surface area contributed by atoms with Crippen molar-refractivity contribution in [3.63, 3.8) is 0 Å². The highest BCUT2D eigenvalue weighted by Crippen LogP contribution is 2.28. The zero-order valence-electron chi connectivity index (χ0n) is 28.0. The smallest absolute Gasteiger partial charge is 0.261 e. The van der Waals surface area contributed by atoms with Gasteiger partial charge in [0.05, 0.1) is 27.9 Å². The van der Waals surface area contributed by atoms with Crippen molar-refractivity contribution in [2.24, 2.45) is 22.9 Å². The zero-order valence-corrected chi connectivity index (χ0v) is 28.8. The predicted octanol–water partition coefficient (Wildman–Crippen LogP) is 0.980. The number of rotatable bonds is 9. The Bertz CT molecular complexity index is 2130. The summed E-state index contributed by atoms with van der Waals surface area (Å²) in [6, 6.07) is 14.5. The van der Waals surface area contributed by atoms with Gasteiger partial charge in [0.2, 0.25) is 17.8 Å². The van der Waals surface area contributed by atoms with Gasteiger partial charge < -0.3 is 48.5 Å². The largest absolute Gasteiger partial charge is 0.507 e. The SMILES string of the molecule is N[C@@H]1C[C@H](N)CN(c2nc(Nc3ccc(C(=O)Nc4ccc(S(=O)(=O)Nc5ccc6cn[nH]c6c5)cc4)c(O)c3)nc(N3C[C@H](N)C[C@H](N)C3)n2)C1. The molecule has 52 heavy (non-hydrogen) atoms. The highest BCUT2D eigenvalue weighted by molar-refractivity contribution is 7.92. The van der Waals surface area contributed by atoms with E-state index < -0.39 is 15.9 Å². The third-order valence-electron chi connectivity index (χ3n) is 8.82. The molecule has 18 nitrogen and oxygen atoms in total. The zero-order chi connectivity index (χ0) is 36.6. The van der Waals surface area contributed by atoms with E-state index in [-0.39, 0.29) is 46.3 Å². The van der Waals surface area contributed by atoms with Crippen LogP contribution in [0.25, 0.3) is 10.9 Å². The van der Waals surface area contributed by atoms with Crippen molar-refractivity contribution in [3.05, 3.63) is 72.4 Å². The Balaban J connectivity index is 1.05. The molecule has 13 N–H and O–H groups in total. The van der Waals surface area contributed by atoms with E-state index in [0.29, 0.717) is 73.5 Å². The molecule has 3 aromatic carbocycles. The minimum absolute atomic E-state index is 0.00455. The van der Waals surface area contributed by atoms with Gasteiger partial charge in [0, 0.05) is 73.2 Å². The fourth-order valence-electron chi connectivity index (χ4n) is 6.44. The van der Waals surface area contributed by atoms with E-state index >= 15 is 0 Å².